The van der Waals surface area contributed by atoms with Crippen molar-refractivity contribution in [2.75, 3.05) is 6.61 Å². The molecule has 0 bridgehead atoms. The second-order valence-corrected chi connectivity index (χ2v) is 5.63. The van der Waals surface area contributed by atoms with E-state index in [4.69, 9.17) is 9.84 Å². The molecule has 0 radical (unpaired) electrons. The molecule has 0 aliphatic heterocycles. The summed E-state index contributed by atoms with van der Waals surface area (Å²) in [6, 6.07) is 0. The molecule has 0 saturated heterocycles. The van der Waals surface area contributed by atoms with Crippen molar-refractivity contribution in [3.05, 3.63) is 24.3 Å². The smallest absolute Gasteiger partial charge is 0.335 e. The van der Waals surface area contributed by atoms with Crippen LogP contribution in [0.5, 0.6) is 0 Å². The van der Waals surface area contributed by atoms with Gasteiger partial charge in [-0.3, -0.25) is 0 Å². The van der Waals surface area contributed by atoms with Crippen molar-refractivity contribution in [3.63, 3.8) is 0 Å². The summed E-state index contributed by atoms with van der Waals surface area (Å²) in [6.07, 6.45) is -2.43. The molecule has 3 atom stereocenters. The van der Waals surface area contributed by atoms with Crippen molar-refractivity contribution in [3.8, 4) is 0 Å². The van der Waals surface area contributed by atoms with Crippen LogP contribution >= 0.6 is 0 Å². The van der Waals surface area contributed by atoms with Gasteiger partial charge in [0.2, 0.25) is 0 Å². The Morgan fingerprint density at radius 3 is 2.08 bits per heavy atom. The van der Waals surface area contributed by atoms with Crippen LogP contribution in [0.2, 0.25) is 0 Å². The van der Waals surface area contributed by atoms with Crippen LogP contribution in [0, 0.1) is 0 Å². The summed E-state index contributed by atoms with van der Waals surface area (Å²) in [7, 11) is 0. The van der Waals surface area contributed by atoms with Gasteiger partial charge in [0.05, 0.1) is 12.7 Å². The Kier molecular flexibility index (Phi) is 9.45. The number of aliphatic hydroxyl groups is 4. The van der Waals surface area contributed by atoms with Crippen LogP contribution in [0.4, 0.5) is 0 Å². The fraction of sp³-hybridized carbons (Fsp3) is 0.625. The lowest BCUT2D eigenvalue weighted by Gasteiger charge is -2.31. The number of carbonyl (C=O) groups excluding carboxylic acids is 2. The Morgan fingerprint density at radius 2 is 1.62 bits per heavy atom. The van der Waals surface area contributed by atoms with E-state index in [0.717, 1.165) is 0 Å². The first kappa shape index (κ1) is 22.3. The zero-order chi connectivity index (χ0) is 18.9. The topological polar surface area (TPSA) is 134 Å². The highest BCUT2D eigenvalue weighted by Gasteiger charge is 2.42. The van der Waals surface area contributed by atoms with Crippen LogP contribution in [0.25, 0.3) is 0 Å². The molecule has 0 aliphatic rings. The molecule has 8 heteroatoms. The predicted octanol–water partition coefficient (Wildman–Crippen LogP) is 0.146. The number of unbranched alkanes of at least 4 members (excludes halogenated alkanes) is 1. The van der Waals surface area contributed by atoms with E-state index in [1.807, 2.05) is 0 Å². The Bertz CT molecular complexity index is 473. The number of esters is 2. The highest BCUT2D eigenvalue weighted by atomic mass is 16.7. The van der Waals surface area contributed by atoms with Crippen molar-refractivity contribution < 1.29 is 39.5 Å². The lowest BCUT2D eigenvalue weighted by atomic mass is 10.0. The van der Waals surface area contributed by atoms with Gasteiger partial charge in [0.1, 0.15) is 0 Å². The molecule has 0 heterocycles. The highest BCUT2D eigenvalue weighted by molar-refractivity contribution is 5.88. The fourth-order valence-electron chi connectivity index (χ4n) is 1.62. The summed E-state index contributed by atoms with van der Waals surface area (Å²) in [5.41, 5.74) is -0.0174. The van der Waals surface area contributed by atoms with Crippen molar-refractivity contribution in [2.24, 2.45) is 0 Å². The Hall–Kier alpha value is -1.74. The third kappa shape index (κ3) is 7.69. The largest absolute Gasteiger partial charge is 0.425 e. The third-order valence-corrected chi connectivity index (χ3v) is 3.10. The maximum atomic E-state index is 11.6. The minimum absolute atomic E-state index is 0.00584. The second kappa shape index (κ2) is 10.2. The summed E-state index contributed by atoms with van der Waals surface area (Å²) in [6.45, 7) is 9.02. The van der Waals surface area contributed by atoms with E-state index in [9.17, 15) is 24.9 Å². The minimum Gasteiger partial charge on any atom is -0.425 e. The standard InChI is InChI=1S/C16H26O8/c1-10(2)13(19)23-15(21)16(22,24-14(20)11(3)4)8-6-5-7-12(18)9-17/h12,15,17-18,21-22H,1,3,5-9H2,2,4H3. The van der Waals surface area contributed by atoms with Gasteiger partial charge in [-0.15, -0.1) is 0 Å². The van der Waals surface area contributed by atoms with Gasteiger partial charge in [-0.2, -0.15) is 0 Å². The second-order valence-electron chi connectivity index (χ2n) is 5.63. The van der Waals surface area contributed by atoms with Crippen LogP contribution in [0.15, 0.2) is 24.3 Å². The Labute approximate surface area is 141 Å². The summed E-state index contributed by atoms with van der Waals surface area (Å²) in [5.74, 6) is -4.38. The van der Waals surface area contributed by atoms with Gasteiger partial charge in [-0.05, 0) is 26.7 Å². The van der Waals surface area contributed by atoms with E-state index < -0.39 is 36.7 Å². The average Bonchev–Trinajstić information content (AvgIpc) is 2.50. The predicted molar refractivity (Wildman–Crippen MR) is 84.3 cm³/mol. The molecular formula is C16H26O8. The van der Waals surface area contributed by atoms with E-state index in [1.54, 1.807) is 0 Å². The van der Waals surface area contributed by atoms with Gasteiger partial charge in [0, 0.05) is 17.6 Å². The fourth-order valence-corrected chi connectivity index (χ4v) is 1.62. The first-order valence-electron chi connectivity index (χ1n) is 7.48. The third-order valence-electron chi connectivity index (χ3n) is 3.10. The molecule has 0 aromatic carbocycles. The summed E-state index contributed by atoms with van der Waals surface area (Å²) in [5, 5.41) is 38.3. The molecule has 0 aliphatic carbocycles. The molecule has 0 saturated carbocycles. The molecule has 0 amide bonds. The molecule has 0 aromatic rings. The lowest BCUT2D eigenvalue weighted by Crippen LogP contribution is -2.49. The number of ether oxygens (including phenoxy) is 2. The van der Waals surface area contributed by atoms with Crippen LogP contribution in [-0.2, 0) is 19.1 Å². The van der Waals surface area contributed by atoms with Crippen LogP contribution < -0.4 is 0 Å². The monoisotopic (exact) mass is 346 g/mol. The number of carbonyl (C=O) groups is 2. The Morgan fingerprint density at radius 1 is 1.08 bits per heavy atom. The summed E-state index contributed by atoms with van der Waals surface area (Å²) in [4.78, 5) is 23.1. The Balaban J connectivity index is 4.93. The molecule has 24 heavy (non-hydrogen) atoms. The normalized spacial score (nSPS) is 15.8. The molecule has 0 rings (SSSR count). The molecule has 138 valence electrons. The minimum atomic E-state index is -2.47. The molecule has 0 aromatic heterocycles. The number of aliphatic hydroxyl groups excluding tert-OH is 3. The van der Waals surface area contributed by atoms with E-state index in [2.05, 4.69) is 17.9 Å². The van der Waals surface area contributed by atoms with Crippen molar-refractivity contribution in [2.45, 2.75) is 57.7 Å². The van der Waals surface area contributed by atoms with Gasteiger partial charge < -0.3 is 29.9 Å². The first-order chi connectivity index (χ1) is 11.0. The lowest BCUT2D eigenvalue weighted by molar-refractivity contribution is -0.303. The van der Waals surface area contributed by atoms with Gasteiger partial charge >= 0.3 is 11.9 Å². The highest BCUT2D eigenvalue weighted by Crippen LogP contribution is 2.24. The molecular weight excluding hydrogens is 320 g/mol. The van der Waals surface area contributed by atoms with E-state index in [1.165, 1.54) is 13.8 Å². The van der Waals surface area contributed by atoms with Crippen molar-refractivity contribution in [1.82, 2.24) is 0 Å². The summed E-state index contributed by atoms with van der Waals surface area (Å²) >= 11 is 0. The van der Waals surface area contributed by atoms with Crippen LogP contribution in [-0.4, -0.2) is 57.2 Å². The SMILES string of the molecule is C=C(C)C(=O)OC(O)C(O)(CCCCC(O)CO)OC(=O)C(=C)C. The number of hydrogen-bond donors (Lipinski definition) is 4. The molecule has 0 spiro atoms. The zero-order valence-electron chi connectivity index (χ0n) is 14.0. The quantitative estimate of drug-likeness (QED) is 0.180. The van der Waals surface area contributed by atoms with Crippen molar-refractivity contribution >= 4 is 11.9 Å². The van der Waals surface area contributed by atoms with Crippen molar-refractivity contribution in [1.29, 1.82) is 0 Å². The van der Waals surface area contributed by atoms with E-state index >= 15 is 0 Å². The maximum Gasteiger partial charge on any atom is 0.335 e. The van der Waals surface area contributed by atoms with E-state index in [0.29, 0.717) is 6.42 Å². The summed E-state index contributed by atoms with van der Waals surface area (Å²) < 4.78 is 9.45. The maximum absolute atomic E-state index is 11.6. The van der Waals surface area contributed by atoms with E-state index in [-0.39, 0.29) is 30.4 Å². The first-order valence-corrected chi connectivity index (χ1v) is 7.48. The number of rotatable bonds is 11. The average molecular weight is 346 g/mol. The molecule has 4 N–H and O–H groups in total. The molecule has 0 fully saturated rings. The van der Waals surface area contributed by atoms with Gasteiger partial charge in [0.25, 0.3) is 12.1 Å². The molecule has 8 nitrogen and oxygen atoms in total. The number of hydrogen-bond acceptors (Lipinski definition) is 8. The van der Waals surface area contributed by atoms with Crippen LogP contribution in [0.3, 0.4) is 0 Å². The zero-order valence-corrected chi connectivity index (χ0v) is 14.0. The van der Waals surface area contributed by atoms with Gasteiger partial charge in [-0.25, -0.2) is 9.59 Å². The molecule has 3 unspecified atom stereocenters. The van der Waals surface area contributed by atoms with Crippen LogP contribution in [0.1, 0.15) is 39.5 Å². The van der Waals surface area contributed by atoms with Gasteiger partial charge in [-0.1, -0.05) is 19.6 Å². The van der Waals surface area contributed by atoms with Gasteiger partial charge in [0.15, 0.2) is 0 Å².